The summed E-state index contributed by atoms with van der Waals surface area (Å²) in [6.45, 7) is 1.87. The maximum absolute atomic E-state index is 12.7. The highest BCUT2D eigenvalue weighted by Gasteiger charge is 2.15. The van der Waals surface area contributed by atoms with Gasteiger partial charge in [0.05, 0.1) is 18.9 Å². The van der Waals surface area contributed by atoms with Crippen LogP contribution in [0.5, 0.6) is 5.75 Å². The summed E-state index contributed by atoms with van der Waals surface area (Å²) in [5.74, 6) is 0.940. The van der Waals surface area contributed by atoms with E-state index in [9.17, 15) is 9.59 Å². The van der Waals surface area contributed by atoms with Crippen molar-refractivity contribution in [2.75, 3.05) is 7.11 Å². The molecule has 0 aliphatic rings. The van der Waals surface area contributed by atoms with Crippen LogP contribution >= 0.6 is 15.9 Å². The summed E-state index contributed by atoms with van der Waals surface area (Å²) in [5, 5.41) is 7.08. The Kier molecular flexibility index (Phi) is 4.68. The van der Waals surface area contributed by atoms with E-state index in [1.807, 2.05) is 18.2 Å². The first-order valence-corrected chi connectivity index (χ1v) is 9.32. The van der Waals surface area contributed by atoms with Gasteiger partial charge in [0.15, 0.2) is 5.58 Å². The minimum Gasteiger partial charge on any atom is -0.496 e. The van der Waals surface area contributed by atoms with Crippen molar-refractivity contribution in [1.29, 1.82) is 0 Å². The van der Waals surface area contributed by atoms with E-state index in [1.54, 1.807) is 36.8 Å². The van der Waals surface area contributed by atoms with Crippen LogP contribution in [0.3, 0.4) is 0 Å². The van der Waals surface area contributed by atoms with Gasteiger partial charge in [-0.15, -0.1) is 0 Å². The van der Waals surface area contributed by atoms with Gasteiger partial charge in [0.1, 0.15) is 23.6 Å². The minimum absolute atomic E-state index is 0.182. The van der Waals surface area contributed by atoms with Crippen molar-refractivity contribution in [3.63, 3.8) is 0 Å². The zero-order valence-corrected chi connectivity index (χ0v) is 16.8. The number of furan rings is 1. The molecule has 9 heteroatoms. The Morgan fingerprint density at radius 1 is 1.29 bits per heavy atom. The number of hydrogen-bond acceptors (Lipinski definition) is 5. The fraction of sp³-hybridized carbons (Fsp3) is 0.211. The highest BCUT2D eigenvalue weighted by atomic mass is 79.9. The van der Waals surface area contributed by atoms with Crippen LogP contribution in [0, 0.1) is 6.92 Å². The van der Waals surface area contributed by atoms with Crippen LogP contribution in [0.2, 0.25) is 0 Å². The molecular weight excluding hydrogens is 428 g/mol. The lowest BCUT2D eigenvalue weighted by atomic mass is 10.2. The lowest BCUT2D eigenvalue weighted by Gasteiger charge is -2.11. The van der Waals surface area contributed by atoms with Gasteiger partial charge in [-0.05, 0) is 25.1 Å². The van der Waals surface area contributed by atoms with Crippen LogP contribution < -0.4 is 15.6 Å². The van der Waals surface area contributed by atoms with Crippen molar-refractivity contribution in [2.24, 2.45) is 0 Å². The van der Waals surface area contributed by atoms with E-state index >= 15 is 0 Å². The number of nitrogens with one attached hydrogen (secondary N) is 1. The number of hydrogen-bond donors (Lipinski definition) is 1. The molecular formula is C19H17BrN4O4. The molecule has 0 aliphatic carbocycles. The number of benzene rings is 1. The van der Waals surface area contributed by atoms with Gasteiger partial charge < -0.3 is 14.5 Å². The quantitative estimate of drug-likeness (QED) is 0.510. The number of amides is 1. The third-order valence-corrected chi connectivity index (χ3v) is 4.97. The van der Waals surface area contributed by atoms with Crippen LogP contribution in [0.4, 0.5) is 0 Å². The Labute approximate surface area is 167 Å². The lowest BCUT2D eigenvalue weighted by molar-refractivity contribution is -0.122. The van der Waals surface area contributed by atoms with E-state index < -0.39 is 0 Å². The van der Waals surface area contributed by atoms with Gasteiger partial charge in [0.2, 0.25) is 5.91 Å². The fourth-order valence-electron chi connectivity index (χ4n) is 3.21. The molecule has 28 heavy (non-hydrogen) atoms. The van der Waals surface area contributed by atoms with Crippen LogP contribution in [-0.2, 0) is 17.9 Å². The van der Waals surface area contributed by atoms with E-state index in [0.29, 0.717) is 22.7 Å². The topological polar surface area (TPSA) is 90.8 Å². The summed E-state index contributed by atoms with van der Waals surface area (Å²) in [4.78, 5) is 25.1. The number of methoxy groups -OCH3 is 1. The van der Waals surface area contributed by atoms with Gasteiger partial charge in [-0.3, -0.25) is 14.0 Å². The standard InChI is InChI=1S/C19H17BrN4O4/c1-11-22-23(19(26)15-8-17-14(24(11)15)5-6-28-17)10-18(25)21-9-12-7-13(20)3-4-16(12)27-2/h3-8H,9-10H2,1-2H3,(H,21,25). The van der Waals surface area contributed by atoms with Gasteiger partial charge in [0.25, 0.3) is 5.56 Å². The molecule has 4 aromatic rings. The van der Waals surface area contributed by atoms with Crippen molar-refractivity contribution >= 4 is 38.5 Å². The predicted molar refractivity (Wildman–Crippen MR) is 107 cm³/mol. The Balaban J connectivity index is 1.56. The Bertz CT molecular complexity index is 1250. The molecule has 0 aliphatic heterocycles. The van der Waals surface area contributed by atoms with E-state index in [-0.39, 0.29) is 24.6 Å². The van der Waals surface area contributed by atoms with E-state index in [2.05, 4.69) is 26.3 Å². The van der Waals surface area contributed by atoms with Crippen LogP contribution in [-0.4, -0.2) is 27.2 Å². The van der Waals surface area contributed by atoms with Crippen molar-refractivity contribution in [2.45, 2.75) is 20.0 Å². The second-order valence-electron chi connectivity index (χ2n) is 6.28. The third-order valence-electron chi connectivity index (χ3n) is 4.48. The number of aryl methyl sites for hydroxylation is 1. The summed E-state index contributed by atoms with van der Waals surface area (Å²) < 4.78 is 14.4. The third kappa shape index (κ3) is 3.18. The van der Waals surface area contributed by atoms with E-state index in [1.165, 1.54) is 0 Å². The van der Waals surface area contributed by atoms with E-state index in [4.69, 9.17) is 9.15 Å². The molecule has 3 heterocycles. The number of fused-ring (bicyclic) bond motifs is 3. The first kappa shape index (κ1) is 18.3. The van der Waals surface area contributed by atoms with Crippen LogP contribution in [0.25, 0.3) is 16.6 Å². The molecule has 0 bridgehead atoms. The highest BCUT2D eigenvalue weighted by molar-refractivity contribution is 9.10. The molecule has 0 fully saturated rings. The molecule has 0 spiro atoms. The molecule has 1 aromatic carbocycles. The molecule has 0 radical (unpaired) electrons. The van der Waals surface area contributed by atoms with Gasteiger partial charge in [-0.25, -0.2) is 4.68 Å². The zero-order chi connectivity index (χ0) is 19.8. The number of carbonyl (C=O) groups is 1. The van der Waals surface area contributed by atoms with E-state index in [0.717, 1.165) is 20.2 Å². The number of aromatic nitrogens is 3. The van der Waals surface area contributed by atoms with Gasteiger partial charge >= 0.3 is 0 Å². The molecule has 0 unspecified atom stereocenters. The highest BCUT2D eigenvalue weighted by Crippen LogP contribution is 2.23. The first-order chi connectivity index (χ1) is 13.5. The summed E-state index contributed by atoms with van der Waals surface area (Å²) in [7, 11) is 1.57. The van der Waals surface area contributed by atoms with Crippen molar-refractivity contribution in [1.82, 2.24) is 19.5 Å². The molecule has 3 aromatic heterocycles. The van der Waals surface area contributed by atoms with Gasteiger partial charge in [-0.1, -0.05) is 15.9 Å². The summed E-state index contributed by atoms with van der Waals surface area (Å²) in [6, 6.07) is 8.98. The Hall–Kier alpha value is -3.07. The second-order valence-corrected chi connectivity index (χ2v) is 7.19. The molecule has 0 atom stereocenters. The van der Waals surface area contributed by atoms with Crippen molar-refractivity contribution < 1.29 is 13.9 Å². The second kappa shape index (κ2) is 7.16. The molecule has 4 rings (SSSR count). The number of rotatable bonds is 5. The number of carbonyl (C=O) groups excluding carboxylic acids is 1. The number of halogens is 1. The number of ether oxygens (including phenoxy) is 1. The van der Waals surface area contributed by atoms with Gasteiger partial charge in [0, 0.05) is 28.7 Å². The maximum atomic E-state index is 12.7. The Morgan fingerprint density at radius 2 is 2.11 bits per heavy atom. The average Bonchev–Trinajstić information content (AvgIpc) is 3.25. The van der Waals surface area contributed by atoms with Gasteiger partial charge in [-0.2, -0.15) is 5.10 Å². The van der Waals surface area contributed by atoms with Crippen molar-refractivity contribution in [3.05, 3.63) is 62.8 Å². The normalized spacial score (nSPS) is 11.2. The monoisotopic (exact) mass is 444 g/mol. The summed E-state index contributed by atoms with van der Waals surface area (Å²) in [5.41, 5.74) is 2.26. The SMILES string of the molecule is COc1ccc(Br)cc1CNC(=O)Cn1nc(C)n2c(cc3occc32)c1=O. The molecule has 0 saturated carbocycles. The molecule has 144 valence electrons. The molecule has 1 N–H and O–H groups in total. The number of nitrogens with zero attached hydrogens (tertiary/aromatic N) is 3. The molecule has 1 amide bonds. The van der Waals surface area contributed by atoms with Crippen LogP contribution in [0.1, 0.15) is 11.4 Å². The molecule has 0 saturated heterocycles. The summed E-state index contributed by atoms with van der Waals surface area (Å²) >= 11 is 3.40. The van der Waals surface area contributed by atoms with Crippen LogP contribution in [0.15, 0.2) is 50.3 Å². The molecule has 8 nitrogen and oxygen atoms in total. The maximum Gasteiger partial charge on any atom is 0.291 e. The smallest absolute Gasteiger partial charge is 0.291 e. The minimum atomic E-state index is -0.354. The van der Waals surface area contributed by atoms with Crippen molar-refractivity contribution in [3.8, 4) is 5.75 Å². The first-order valence-electron chi connectivity index (χ1n) is 8.53. The summed E-state index contributed by atoms with van der Waals surface area (Å²) in [6.07, 6.45) is 1.56. The predicted octanol–water partition coefficient (Wildman–Crippen LogP) is 2.64. The largest absolute Gasteiger partial charge is 0.496 e. The average molecular weight is 445 g/mol. The zero-order valence-electron chi connectivity index (χ0n) is 15.2. The fourth-order valence-corrected chi connectivity index (χ4v) is 3.62. The lowest BCUT2D eigenvalue weighted by Crippen LogP contribution is -2.34. The Morgan fingerprint density at radius 3 is 2.89 bits per heavy atom.